The van der Waals surface area contributed by atoms with E-state index in [1.54, 1.807) is 0 Å². The number of anilines is 2. The lowest BCUT2D eigenvalue weighted by Crippen LogP contribution is -2.25. The number of aromatic amines is 1. The summed E-state index contributed by atoms with van der Waals surface area (Å²) < 4.78 is 0. The predicted molar refractivity (Wildman–Crippen MR) is 164 cm³/mol. The van der Waals surface area contributed by atoms with Gasteiger partial charge in [-0.3, -0.25) is 5.43 Å². The Labute approximate surface area is 228 Å². The fourth-order valence-corrected chi connectivity index (χ4v) is 5.20. The van der Waals surface area contributed by atoms with E-state index >= 15 is 0 Å². The summed E-state index contributed by atoms with van der Waals surface area (Å²) in [6.07, 6.45) is 11.4. The van der Waals surface area contributed by atoms with Gasteiger partial charge in [-0.25, -0.2) is 4.98 Å². The molecule has 2 aromatic carbocycles. The van der Waals surface area contributed by atoms with Crippen molar-refractivity contribution in [1.82, 2.24) is 9.97 Å². The second kappa shape index (κ2) is 13.8. The van der Waals surface area contributed by atoms with Gasteiger partial charge in [0.15, 0.2) is 0 Å². The second-order valence-electron chi connectivity index (χ2n) is 10.0. The number of hydrogen-bond donors (Lipinski definition) is 2. The molecule has 0 saturated carbocycles. The van der Waals surface area contributed by atoms with Gasteiger partial charge in [-0.05, 0) is 73.8 Å². The number of nitrogens with one attached hydrogen (secondary N) is 2. The number of hydrazone groups is 1. The van der Waals surface area contributed by atoms with Crippen LogP contribution in [0.2, 0.25) is 0 Å². The Bertz CT molecular complexity index is 1330. The summed E-state index contributed by atoms with van der Waals surface area (Å²) in [6, 6.07) is 19.7. The van der Waals surface area contributed by atoms with Gasteiger partial charge >= 0.3 is 0 Å². The molecule has 4 aromatic rings. The summed E-state index contributed by atoms with van der Waals surface area (Å²) in [7, 11) is 0. The molecule has 0 bridgehead atoms. The van der Waals surface area contributed by atoms with Crippen LogP contribution in [0.25, 0.3) is 10.9 Å². The summed E-state index contributed by atoms with van der Waals surface area (Å²) in [5.74, 6) is 0.798. The second-order valence-corrected chi connectivity index (χ2v) is 10.0. The van der Waals surface area contributed by atoms with E-state index < -0.39 is 0 Å². The van der Waals surface area contributed by atoms with Crippen LogP contribution in [0, 0.1) is 0 Å². The molecule has 38 heavy (non-hydrogen) atoms. The van der Waals surface area contributed by atoms with Crippen LogP contribution in [0.1, 0.15) is 74.9 Å². The SMILES string of the molecule is CCCN(CCC)c1cc(CCCc2ccc(CC)c(CC)c2)nc(N/N=C/c2c[nH]c3ccccc23)c1. The van der Waals surface area contributed by atoms with Gasteiger partial charge in [0.2, 0.25) is 0 Å². The first-order valence-corrected chi connectivity index (χ1v) is 14.4. The van der Waals surface area contributed by atoms with Crippen LogP contribution >= 0.6 is 0 Å². The molecule has 0 aliphatic heterocycles. The Morgan fingerprint density at radius 1 is 0.895 bits per heavy atom. The molecule has 200 valence electrons. The molecule has 0 radical (unpaired) electrons. The van der Waals surface area contributed by atoms with Gasteiger partial charge in [0, 0.05) is 53.2 Å². The first kappa shape index (κ1) is 27.4. The number of benzene rings is 2. The van der Waals surface area contributed by atoms with Crippen molar-refractivity contribution in [2.75, 3.05) is 23.4 Å². The molecule has 5 nitrogen and oxygen atoms in total. The number of aryl methyl sites for hydroxylation is 4. The largest absolute Gasteiger partial charge is 0.371 e. The maximum atomic E-state index is 4.95. The molecule has 2 N–H and O–H groups in total. The first-order chi connectivity index (χ1) is 18.6. The Kier molecular flexibility index (Phi) is 9.97. The van der Waals surface area contributed by atoms with Gasteiger partial charge in [-0.1, -0.05) is 64.1 Å². The van der Waals surface area contributed by atoms with Gasteiger partial charge in [0.1, 0.15) is 5.82 Å². The number of H-pyrrole nitrogens is 1. The van der Waals surface area contributed by atoms with Gasteiger partial charge in [-0.15, -0.1) is 0 Å². The average molecular weight is 510 g/mol. The molecule has 2 heterocycles. The van der Waals surface area contributed by atoms with Crippen LogP contribution in [0.3, 0.4) is 0 Å². The standard InChI is InChI=1S/C33H43N5/c1-5-18-38(19-6-2)30-21-29(13-11-12-25-16-17-26(7-3)27(8-4)20-25)36-33(22-30)37-35-24-28-23-34-32-15-10-9-14-31(28)32/h9-10,14-17,20-24,34H,5-8,11-13,18-19H2,1-4H3,(H,36,37)/b35-24+. The molecule has 0 saturated heterocycles. The summed E-state index contributed by atoms with van der Waals surface area (Å²) in [4.78, 5) is 10.7. The monoisotopic (exact) mass is 509 g/mol. The van der Waals surface area contributed by atoms with Crippen LogP contribution in [0.15, 0.2) is 65.9 Å². The maximum Gasteiger partial charge on any atom is 0.148 e. The quantitative estimate of drug-likeness (QED) is 0.134. The molecule has 2 aromatic heterocycles. The molecule has 0 atom stereocenters. The average Bonchev–Trinajstić information content (AvgIpc) is 3.36. The zero-order valence-corrected chi connectivity index (χ0v) is 23.6. The summed E-state index contributed by atoms with van der Waals surface area (Å²) in [5.41, 5.74) is 12.1. The van der Waals surface area contributed by atoms with E-state index in [0.717, 1.165) is 86.0 Å². The summed E-state index contributed by atoms with van der Waals surface area (Å²) in [6.45, 7) is 11.1. The van der Waals surface area contributed by atoms with Gasteiger partial charge in [-0.2, -0.15) is 5.10 Å². The molecule has 0 spiro atoms. The molecule has 4 rings (SSSR count). The fraction of sp³-hybridized carbons (Fsp3) is 0.394. The normalized spacial score (nSPS) is 11.5. The highest BCUT2D eigenvalue weighted by molar-refractivity contribution is 5.99. The van der Waals surface area contributed by atoms with Gasteiger partial charge < -0.3 is 9.88 Å². The Morgan fingerprint density at radius 3 is 2.45 bits per heavy atom. The van der Waals surface area contributed by atoms with Crippen molar-refractivity contribution in [2.45, 2.75) is 72.6 Å². The number of hydrogen-bond acceptors (Lipinski definition) is 4. The molecule has 0 aliphatic carbocycles. The maximum absolute atomic E-state index is 4.95. The Hall–Kier alpha value is -3.60. The van der Waals surface area contributed by atoms with Crippen molar-refractivity contribution in [3.8, 4) is 0 Å². The lowest BCUT2D eigenvalue weighted by molar-refractivity contribution is 0.740. The highest BCUT2D eigenvalue weighted by Crippen LogP contribution is 2.23. The molecule has 0 amide bonds. The number of nitrogens with zero attached hydrogens (tertiary/aromatic N) is 3. The van der Waals surface area contributed by atoms with Gasteiger partial charge in [0.05, 0.1) is 6.21 Å². The minimum Gasteiger partial charge on any atom is -0.371 e. The lowest BCUT2D eigenvalue weighted by atomic mass is 9.97. The number of rotatable bonds is 14. The van der Waals surface area contributed by atoms with Gasteiger partial charge in [0.25, 0.3) is 0 Å². The zero-order valence-electron chi connectivity index (χ0n) is 23.6. The molecule has 0 aliphatic rings. The first-order valence-electron chi connectivity index (χ1n) is 14.4. The Balaban J connectivity index is 1.50. The smallest absolute Gasteiger partial charge is 0.148 e. The minimum atomic E-state index is 0.798. The molecule has 0 unspecified atom stereocenters. The Morgan fingerprint density at radius 2 is 1.68 bits per heavy atom. The van der Waals surface area contributed by atoms with E-state index in [-0.39, 0.29) is 0 Å². The van der Waals surface area contributed by atoms with E-state index in [1.807, 2.05) is 18.5 Å². The van der Waals surface area contributed by atoms with Crippen LogP contribution in [0.5, 0.6) is 0 Å². The third-order valence-corrected chi connectivity index (χ3v) is 7.15. The zero-order chi connectivity index (χ0) is 26.7. The van der Waals surface area contributed by atoms with E-state index in [2.05, 4.69) is 96.6 Å². The summed E-state index contributed by atoms with van der Waals surface area (Å²) in [5, 5.41) is 5.72. The van der Waals surface area contributed by atoms with Crippen molar-refractivity contribution in [1.29, 1.82) is 0 Å². The topological polar surface area (TPSA) is 56.3 Å². The number of aromatic nitrogens is 2. The predicted octanol–water partition coefficient (Wildman–Crippen LogP) is 7.94. The lowest BCUT2D eigenvalue weighted by Gasteiger charge is -2.24. The third kappa shape index (κ3) is 7.03. The number of fused-ring (bicyclic) bond motifs is 1. The summed E-state index contributed by atoms with van der Waals surface area (Å²) >= 11 is 0. The van der Waals surface area contributed by atoms with Crippen molar-refractivity contribution < 1.29 is 0 Å². The van der Waals surface area contributed by atoms with Crippen LogP contribution in [-0.2, 0) is 25.7 Å². The number of pyridine rings is 1. The molecular weight excluding hydrogens is 466 g/mol. The highest BCUT2D eigenvalue weighted by atomic mass is 15.3. The van der Waals surface area contributed by atoms with E-state index in [1.165, 1.54) is 22.4 Å². The van der Waals surface area contributed by atoms with Crippen molar-refractivity contribution in [3.63, 3.8) is 0 Å². The third-order valence-electron chi connectivity index (χ3n) is 7.15. The highest BCUT2D eigenvalue weighted by Gasteiger charge is 2.10. The molecule has 5 heteroatoms. The van der Waals surface area contributed by atoms with E-state index in [9.17, 15) is 0 Å². The minimum absolute atomic E-state index is 0.798. The molecule has 0 fully saturated rings. The van der Waals surface area contributed by atoms with Crippen LogP contribution in [0.4, 0.5) is 11.5 Å². The van der Waals surface area contributed by atoms with Crippen LogP contribution in [-0.4, -0.2) is 29.3 Å². The number of para-hydroxylation sites is 1. The fourth-order valence-electron chi connectivity index (χ4n) is 5.20. The van der Waals surface area contributed by atoms with E-state index in [4.69, 9.17) is 4.98 Å². The van der Waals surface area contributed by atoms with Crippen molar-refractivity contribution in [2.24, 2.45) is 5.10 Å². The van der Waals surface area contributed by atoms with Crippen molar-refractivity contribution >= 4 is 28.6 Å². The molecular formula is C33H43N5. The van der Waals surface area contributed by atoms with E-state index in [0.29, 0.717) is 0 Å². The van der Waals surface area contributed by atoms with Crippen LogP contribution < -0.4 is 10.3 Å². The van der Waals surface area contributed by atoms with Crippen molar-refractivity contribution in [3.05, 3.63) is 88.7 Å².